The maximum atomic E-state index is 10.8. The molecule has 1 fully saturated rings. The zero-order valence-electron chi connectivity index (χ0n) is 22.6. The summed E-state index contributed by atoms with van der Waals surface area (Å²) in [6.07, 6.45) is 7.09. The third kappa shape index (κ3) is 8.30. The van der Waals surface area contributed by atoms with Crippen LogP contribution in [-0.4, -0.2) is 63.2 Å². The Kier molecular flexibility index (Phi) is 9.52. The molecule has 3 rings (SSSR count). The average Bonchev–Trinajstić information content (AvgIpc) is 2.85. The molecule has 1 aromatic heterocycles. The lowest BCUT2D eigenvalue weighted by Gasteiger charge is -2.26. The molecule has 7 N–H and O–H groups in total. The normalized spacial score (nSPS) is 17.3. The number of anilines is 1. The van der Waals surface area contributed by atoms with E-state index in [0.29, 0.717) is 23.1 Å². The van der Waals surface area contributed by atoms with Gasteiger partial charge in [0.15, 0.2) is 11.6 Å². The van der Waals surface area contributed by atoms with Crippen LogP contribution in [0.4, 0.5) is 5.82 Å². The van der Waals surface area contributed by atoms with E-state index in [4.69, 9.17) is 16.2 Å². The second-order valence-corrected chi connectivity index (χ2v) is 10.5. The molecule has 0 amide bonds. The van der Waals surface area contributed by atoms with Crippen molar-refractivity contribution < 1.29 is 20.1 Å². The van der Waals surface area contributed by atoms with Crippen LogP contribution in [0.15, 0.2) is 47.7 Å². The van der Waals surface area contributed by atoms with Crippen LogP contribution in [-0.2, 0) is 5.97 Å². The third-order valence-corrected chi connectivity index (χ3v) is 6.28. The second-order valence-electron chi connectivity index (χ2n) is 10.5. The van der Waals surface area contributed by atoms with Gasteiger partial charge in [-0.25, -0.2) is 4.98 Å². The summed E-state index contributed by atoms with van der Waals surface area (Å²) in [5.74, 6) is 3.24. The first-order valence-corrected chi connectivity index (χ1v) is 12.8. The van der Waals surface area contributed by atoms with Crippen molar-refractivity contribution in [3.63, 3.8) is 0 Å². The molecular formula is C29H39N5O4. The number of ether oxygens (including phenoxy) is 1. The zero-order valence-corrected chi connectivity index (χ0v) is 22.6. The maximum Gasteiger partial charge on any atom is 0.351 e. The van der Waals surface area contributed by atoms with Crippen molar-refractivity contribution in [1.29, 1.82) is 0 Å². The molecule has 1 aliphatic rings. The minimum atomic E-state index is -2.72. The third-order valence-electron chi connectivity index (χ3n) is 6.28. The van der Waals surface area contributed by atoms with Crippen molar-refractivity contribution in [3.8, 4) is 17.6 Å². The number of allylic oxidation sites excluding steroid dienone is 1. The highest BCUT2D eigenvalue weighted by Gasteiger charge is 2.30. The van der Waals surface area contributed by atoms with Crippen LogP contribution in [0, 0.1) is 17.8 Å². The van der Waals surface area contributed by atoms with Crippen LogP contribution in [0.5, 0.6) is 5.75 Å². The number of nitrogens with zero attached hydrogens (tertiary/aromatic N) is 3. The molecule has 0 aliphatic carbocycles. The largest absolute Gasteiger partial charge is 0.432 e. The Balaban J connectivity index is 1.79. The number of nitrogens with two attached hydrogens (primary N) is 2. The molecule has 1 atom stereocenters. The number of rotatable bonds is 8. The fourth-order valence-corrected chi connectivity index (χ4v) is 4.30. The predicted octanol–water partition coefficient (Wildman–Crippen LogP) is 2.45. The summed E-state index contributed by atoms with van der Waals surface area (Å²) >= 11 is 0. The number of aromatic nitrogens is 1. The van der Waals surface area contributed by atoms with Gasteiger partial charge >= 0.3 is 5.97 Å². The number of hydrogen-bond donors (Lipinski definition) is 5. The molecule has 0 spiro atoms. The molecule has 0 radical (unpaired) electrons. The SMILES string of the molecule is CC(C)CC(C)(O)C#Cc1cccc(C(O)(O)Oc2cc(C(C=NC3CCN(C)CC3)=CN)cnc2N)c1. The molecule has 0 saturated carbocycles. The van der Waals surface area contributed by atoms with Gasteiger partial charge in [0.1, 0.15) is 5.60 Å². The lowest BCUT2D eigenvalue weighted by atomic mass is 9.94. The number of piperidine rings is 1. The van der Waals surface area contributed by atoms with Crippen LogP contribution in [0.1, 0.15) is 56.7 Å². The van der Waals surface area contributed by atoms with Crippen LogP contribution >= 0.6 is 0 Å². The fourth-order valence-electron chi connectivity index (χ4n) is 4.30. The van der Waals surface area contributed by atoms with Gasteiger partial charge < -0.3 is 36.4 Å². The van der Waals surface area contributed by atoms with Gasteiger partial charge in [0, 0.05) is 35.3 Å². The molecule has 1 aromatic carbocycles. The van der Waals surface area contributed by atoms with E-state index in [9.17, 15) is 15.3 Å². The van der Waals surface area contributed by atoms with Gasteiger partial charge in [-0.05, 0) is 76.5 Å². The number of pyridine rings is 1. The van der Waals surface area contributed by atoms with Crippen molar-refractivity contribution in [2.45, 2.75) is 57.6 Å². The van der Waals surface area contributed by atoms with Crippen molar-refractivity contribution in [2.75, 3.05) is 25.9 Å². The van der Waals surface area contributed by atoms with E-state index >= 15 is 0 Å². The molecule has 9 nitrogen and oxygen atoms in total. The lowest BCUT2D eigenvalue weighted by Crippen LogP contribution is -2.32. The molecule has 2 heterocycles. The first kappa shape index (κ1) is 29.1. The smallest absolute Gasteiger partial charge is 0.351 e. The Morgan fingerprint density at radius 2 is 1.97 bits per heavy atom. The zero-order chi connectivity index (χ0) is 27.9. The molecule has 2 aromatic rings. The average molecular weight is 522 g/mol. The molecular weight excluding hydrogens is 482 g/mol. The number of nitrogen functional groups attached to an aromatic ring is 1. The van der Waals surface area contributed by atoms with Crippen LogP contribution in [0.2, 0.25) is 0 Å². The van der Waals surface area contributed by atoms with Gasteiger partial charge in [0.2, 0.25) is 0 Å². The summed E-state index contributed by atoms with van der Waals surface area (Å²) in [4.78, 5) is 11.1. The molecule has 1 aliphatic heterocycles. The number of aliphatic hydroxyl groups is 3. The monoisotopic (exact) mass is 521 g/mol. The molecule has 1 unspecified atom stereocenters. The Hall–Kier alpha value is -3.42. The highest BCUT2D eigenvalue weighted by Crippen LogP contribution is 2.30. The van der Waals surface area contributed by atoms with E-state index in [-0.39, 0.29) is 29.1 Å². The molecule has 1 saturated heterocycles. The van der Waals surface area contributed by atoms with E-state index in [1.165, 1.54) is 30.6 Å². The van der Waals surface area contributed by atoms with Crippen LogP contribution < -0.4 is 16.2 Å². The standard InChI is InChI=1S/C29H39N5O4/c1-20(2)16-28(3,35)11-8-21-6-5-7-24(14-21)29(36,37)38-26-15-22(18-33-27(26)31)23(17-30)19-32-25-9-12-34(4)13-10-25/h5-7,14-15,17-20,25,35-37H,9-10,12-13,16,30H2,1-4H3,(H2,31,33). The predicted molar refractivity (Wildman–Crippen MR) is 150 cm³/mol. The molecule has 0 bridgehead atoms. The minimum absolute atomic E-state index is 0.0227. The Labute approximate surface area is 224 Å². The summed E-state index contributed by atoms with van der Waals surface area (Å²) in [5, 5.41) is 32.1. The summed E-state index contributed by atoms with van der Waals surface area (Å²) in [6.45, 7) is 7.64. The first-order chi connectivity index (χ1) is 17.9. The Morgan fingerprint density at radius 1 is 1.26 bits per heavy atom. The number of benzene rings is 1. The van der Waals surface area contributed by atoms with Crippen molar-refractivity contribution in [3.05, 3.63) is 59.4 Å². The fraction of sp³-hybridized carbons (Fsp3) is 0.448. The topological polar surface area (TPSA) is 150 Å². The van der Waals surface area contributed by atoms with E-state index in [1.807, 2.05) is 13.8 Å². The van der Waals surface area contributed by atoms with Gasteiger partial charge in [0.05, 0.1) is 11.6 Å². The molecule has 9 heteroatoms. The lowest BCUT2D eigenvalue weighted by molar-refractivity contribution is -0.303. The van der Waals surface area contributed by atoms with Gasteiger partial charge in [0.25, 0.3) is 0 Å². The van der Waals surface area contributed by atoms with E-state index in [2.05, 4.69) is 33.8 Å². The van der Waals surface area contributed by atoms with Crippen molar-refractivity contribution >= 4 is 17.6 Å². The number of likely N-dealkylation sites (tertiary alicyclic amines) is 1. The Morgan fingerprint density at radius 3 is 2.63 bits per heavy atom. The van der Waals surface area contributed by atoms with Gasteiger partial charge in [-0.3, -0.25) is 4.99 Å². The van der Waals surface area contributed by atoms with Crippen LogP contribution in [0.3, 0.4) is 0 Å². The van der Waals surface area contributed by atoms with Gasteiger partial charge in [-0.2, -0.15) is 0 Å². The quantitative estimate of drug-likeness (QED) is 0.202. The van der Waals surface area contributed by atoms with E-state index < -0.39 is 11.6 Å². The minimum Gasteiger partial charge on any atom is -0.432 e. The highest BCUT2D eigenvalue weighted by atomic mass is 16.8. The summed E-state index contributed by atoms with van der Waals surface area (Å²) in [5.41, 5.74) is 12.4. The van der Waals surface area contributed by atoms with Crippen molar-refractivity contribution in [2.24, 2.45) is 16.6 Å². The van der Waals surface area contributed by atoms with E-state index in [1.54, 1.807) is 25.3 Å². The first-order valence-electron chi connectivity index (χ1n) is 12.8. The Bertz CT molecular complexity index is 1220. The number of aliphatic imine (C=N–C) groups is 1. The summed E-state index contributed by atoms with van der Waals surface area (Å²) < 4.78 is 5.52. The van der Waals surface area contributed by atoms with E-state index in [0.717, 1.165) is 25.9 Å². The number of hydrogen-bond acceptors (Lipinski definition) is 9. The molecule has 204 valence electrons. The summed E-state index contributed by atoms with van der Waals surface area (Å²) in [7, 11) is 2.09. The van der Waals surface area contributed by atoms with Crippen molar-refractivity contribution in [1.82, 2.24) is 9.88 Å². The van der Waals surface area contributed by atoms with Crippen LogP contribution in [0.25, 0.3) is 5.57 Å². The highest BCUT2D eigenvalue weighted by molar-refractivity contribution is 6.09. The summed E-state index contributed by atoms with van der Waals surface area (Å²) in [6, 6.07) is 8.04. The van der Waals surface area contributed by atoms with Gasteiger partial charge in [-0.1, -0.05) is 31.8 Å². The molecule has 38 heavy (non-hydrogen) atoms. The van der Waals surface area contributed by atoms with Gasteiger partial charge in [-0.15, -0.1) is 0 Å². The second kappa shape index (κ2) is 12.4. The maximum absolute atomic E-state index is 10.8.